The van der Waals surface area contributed by atoms with Crippen LogP contribution in [0.2, 0.25) is 0 Å². The highest BCUT2D eigenvalue weighted by atomic mass is 16.3. The molecule has 0 fully saturated rings. The molecule has 0 bridgehead atoms. The highest BCUT2D eigenvalue weighted by Gasteiger charge is 2.36. The van der Waals surface area contributed by atoms with E-state index in [2.05, 4.69) is 58.2 Å². The summed E-state index contributed by atoms with van der Waals surface area (Å²) < 4.78 is 0. The molecule has 0 saturated heterocycles. The third-order valence-electron chi connectivity index (χ3n) is 15.0. The Morgan fingerprint density at radius 3 is 1.51 bits per heavy atom. The molecule has 0 aliphatic rings. The summed E-state index contributed by atoms with van der Waals surface area (Å²) in [6, 6.07) is 8.41. The summed E-state index contributed by atoms with van der Waals surface area (Å²) in [4.78, 5) is 167. The Morgan fingerprint density at radius 2 is 0.947 bits per heavy atom. The molecule has 9 atom stereocenters. The molecule has 27 N–H and O–H groups in total. The van der Waals surface area contributed by atoms with Crippen LogP contribution in [0.3, 0.4) is 0 Å². The third-order valence-corrected chi connectivity index (χ3v) is 15.0. The second kappa shape index (κ2) is 40.0. The van der Waals surface area contributed by atoms with Gasteiger partial charge in [0.15, 0.2) is 5.96 Å². The lowest BCUT2D eigenvalue weighted by Crippen LogP contribution is -2.60. The molecule has 0 radical (unpaired) electrons. The Kier molecular flexibility index (Phi) is 32.5. The third kappa shape index (κ3) is 27.9. The number of rotatable bonds is 43. The molecule has 12 amide bonds. The summed E-state index contributed by atoms with van der Waals surface area (Å²) in [6.45, 7) is 3.46. The van der Waals surface area contributed by atoms with Crippen molar-refractivity contribution in [3.63, 3.8) is 0 Å². The number of aromatic nitrogens is 1. The average molecular weight is 1320 g/mol. The molecule has 3 aromatic carbocycles. The molecule has 1 aromatic heterocycles. The quantitative estimate of drug-likeness (QED) is 0.0114. The molecular weight excluding hydrogens is 1230 g/mol. The zero-order chi connectivity index (χ0) is 70.1. The van der Waals surface area contributed by atoms with E-state index in [0.29, 0.717) is 53.4 Å². The molecule has 32 nitrogen and oxygen atoms in total. The van der Waals surface area contributed by atoms with Crippen molar-refractivity contribution in [3.05, 3.63) is 102 Å². The topological polar surface area (TPSA) is 567 Å². The number of fused-ring (bicyclic) bond motifs is 1. The van der Waals surface area contributed by atoms with Crippen LogP contribution in [0.1, 0.15) is 101 Å². The Balaban J connectivity index is 1.57. The van der Waals surface area contributed by atoms with Gasteiger partial charge >= 0.3 is 0 Å². The van der Waals surface area contributed by atoms with Crippen LogP contribution in [-0.2, 0) is 76.8 Å². The van der Waals surface area contributed by atoms with Crippen molar-refractivity contribution in [2.24, 2.45) is 46.1 Å². The second-order valence-corrected chi connectivity index (χ2v) is 23.4. The van der Waals surface area contributed by atoms with Gasteiger partial charge < -0.3 is 103 Å². The standard InChI is InChI=1S/C63H93N19O13/c1-35(2)27-46(59(92)77-44(19-12-26-72-63(70)71)57(90)78-45(54(69)87)28-37-20-22-39(83)23-21-37)75-53(86)34-74-56(89)47(29-36-13-4-3-5-14-36)80-58(91)43(18-9-11-25-65)76-61(94)50(32-52(68)85)82-60(93)48(30-38-33-73-42-17-7-6-15-40(38)42)81-62(95)49(31-51(67)84)79-55(88)41(66)16-8-10-24-64/h3-7,13-15,17,20-23,33,35,41,43-50,73,83H,8-12,16,18-19,24-32,34,64-66H2,1-2H3,(H2,67,84)(H2,68,85)(H2,69,87)(H,74,89)(H,75,86)(H,76,94)(H,77,92)(H,78,90)(H,79,88)(H,80,91)(H,81,95)(H,82,93)(H4,70,71,72)/t41-,43-,44-,45-,46-,47-,48-,49-,50-/m0/s1. The van der Waals surface area contributed by atoms with E-state index < -0.39 is 145 Å². The molecule has 0 spiro atoms. The molecule has 95 heavy (non-hydrogen) atoms. The summed E-state index contributed by atoms with van der Waals surface area (Å²) in [6.07, 6.45) is 1.51. The number of guanidine groups is 1. The Labute approximate surface area is 549 Å². The van der Waals surface area contributed by atoms with Gasteiger partial charge in [-0.25, -0.2) is 0 Å². The van der Waals surface area contributed by atoms with Gasteiger partial charge in [0.05, 0.1) is 25.4 Å². The monoisotopic (exact) mass is 1320 g/mol. The normalized spacial score (nSPS) is 13.9. The van der Waals surface area contributed by atoms with Crippen molar-refractivity contribution in [3.8, 4) is 5.75 Å². The number of unbranched alkanes of at least 4 members (excludes halogenated alkanes) is 2. The van der Waals surface area contributed by atoms with Gasteiger partial charge in [-0.2, -0.15) is 0 Å². The minimum atomic E-state index is -1.81. The number of aromatic hydroxyl groups is 1. The van der Waals surface area contributed by atoms with E-state index in [1.807, 2.05) is 0 Å². The highest BCUT2D eigenvalue weighted by molar-refractivity contribution is 6.00. The van der Waals surface area contributed by atoms with Crippen molar-refractivity contribution >= 4 is 87.7 Å². The number of phenolic OH excluding ortho intramolecular Hbond substituents is 1. The Morgan fingerprint density at radius 1 is 0.484 bits per heavy atom. The van der Waals surface area contributed by atoms with Crippen LogP contribution >= 0.6 is 0 Å². The maximum absolute atomic E-state index is 14.6. The Bertz CT molecular complexity index is 3260. The summed E-state index contributed by atoms with van der Waals surface area (Å²) in [5.41, 5.74) is 42.0. The van der Waals surface area contributed by atoms with Gasteiger partial charge in [0.25, 0.3) is 0 Å². The second-order valence-electron chi connectivity index (χ2n) is 23.4. The predicted molar refractivity (Wildman–Crippen MR) is 352 cm³/mol. The van der Waals surface area contributed by atoms with Gasteiger partial charge in [-0.3, -0.25) is 62.9 Å². The SMILES string of the molecule is CC(C)C[C@H](NC(=O)CNC(=O)[C@H](Cc1ccccc1)NC(=O)[C@H](CCCCN)NC(=O)[C@H](CC(N)=O)NC(=O)[C@H](Cc1c[nH]c2ccccc12)NC(=O)[C@H](CC(N)=O)NC(=O)[C@@H](N)CCCCN)C(=O)N[C@@H](CCCNC(=N)N)C(=O)N[C@@H](Cc1ccc(O)cc1)C(N)=O. The van der Waals surface area contributed by atoms with Gasteiger partial charge in [-0.05, 0) is 105 Å². The zero-order valence-electron chi connectivity index (χ0n) is 53.5. The van der Waals surface area contributed by atoms with Gasteiger partial charge in [0.1, 0.15) is 54.1 Å². The Hall–Kier alpha value is -10.2. The largest absolute Gasteiger partial charge is 0.508 e. The van der Waals surface area contributed by atoms with Crippen molar-refractivity contribution in [2.75, 3.05) is 26.2 Å². The minimum absolute atomic E-state index is 0.0280. The van der Waals surface area contributed by atoms with Crippen LogP contribution in [0.4, 0.5) is 0 Å². The van der Waals surface area contributed by atoms with Gasteiger partial charge in [-0.1, -0.05) is 80.9 Å². The summed E-state index contributed by atoms with van der Waals surface area (Å²) in [7, 11) is 0. The number of hydrogen-bond acceptors (Lipinski definition) is 17. The van der Waals surface area contributed by atoms with Crippen molar-refractivity contribution in [2.45, 2.75) is 158 Å². The molecule has 0 saturated carbocycles. The van der Waals surface area contributed by atoms with Gasteiger partial charge in [0, 0.05) is 42.9 Å². The maximum atomic E-state index is 14.6. The lowest BCUT2D eigenvalue weighted by Gasteiger charge is -2.27. The molecule has 32 heteroatoms. The predicted octanol–water partition coefficient (Wildman–Crippen LogP) is -3.97. The first-order chi connectivity index (χ1) is 45.2. The summed E-state index contributed by atoms with van der Waals surface area (Å²) in [5, 5.41) is 43.5. The van der Waals surface area contributed by atoms with Crippen molar-refractivity contribution in [1.82, 2.24) is 58.2 Å². The number of H-pyrrole nitrogens is 1. The van der Waals surface area contributed by atoms with E-state index in [-0.39, 0.29) is 88.5 Å². The number of phenols is 1. The van der Waals surface area contributed by atoms with Crippen LogP contribution in [-0.4, -0.2) is 167 Å². The van der Waals surface area contributed by atoms with Gasteiger partial charge in [0.2, 0.25) is 70.9 Å². The number of nitrogens with two attached hydrogens (primary N) is 7. The van der Waals surface area contributed by atoms with Crippen LogP contribution in [0.15, 0.2) is 85.1 Å². The molecule has 0 aliphatic heterocycles. The van der Waals surface area contributed by atoms with E-state index in [1.165, 1.54) is 24.3 Å². The number of carbonyl (C=O) groups is 12. The van der Waals surface area contributed by atoms with Crippen molar-refractivity contribution in [1.29, 1.82) is 5.41 Å². The number of amides is 12. The molecule has 0 unspecified atom stereocenters. The average Bonchev–Trinajstić information content (AvgIpc) is 1.74. The van der Waals surface area contributed by atoms with Crippen LogP contribution in [0, 0.1) is 11.3 Å². The van der Waals surface area contributed by atoms with Crippen LogP contribution in [0.25, 0.3) is 10.9 Å². The van der Waals surface area contributed by atoms with Crippen LogP contribution in [0.5, 0.6) is 5.75 Å². The number of primary amides is 3. The molecule has 1 heterocycles. The highest BCUT2D eigenvalue weighted by Crippen LogP contribution is 2.20. The number of benzene rings is 3. The molecule has 518 valence electrons. The minimum Gasteiger partial charge on any atom is -0.508 e. The molecule has 0 aliphatic carbocycles. The number of nitrogens with one attached hydrogen (secondary N) is 12. The summed E-state index contributed by atoms with van der Waals surface area (Å²) in [5.74, 6) is -11.7. The number of para-hydroxylation sites is 1. The molecular formula is C63H93N19O13. The fourth-order valence-electron chi connectivity index (χ4n) is 10.1. The van der Waals surface area contributed by atoms with E-state index in [0.717, 1.165) is 0 Å². The first kappa shape index (κ1) is 77.2. The smallest absolute Gasteiger partial charge is 0.243 e. The fourth-order valence-corrected chi connectivity index (χ4v) is 10.1. The fraction of sp³-hybridized carbons (Fsp3) is 0.476. The molecule has 4 aromatic rings. The zero-order valence-corrected chi connectivity index (χ0v) is 53.5. The van der Waals surface area contributed by atoms with Crippen LogP contribution < -0.4 is 93.3 Å². The number of aromatic amines is 1. The first-order valence-electron chi connectivity index (χ1n) is 31.3. The van der Waals surface area contributed by atoms with E-state index in [1.54, 1.807) is 74.6 Å². The lowest BCUT2D eigenvalue weighted by atomic mass is 10.0. The maximum Gasteiger partial charge on any atom is 0.243 e. The summed E-state index contributed by atoms with van der Waals surface area (Å²) >= 11 is 0. The van der Waals surface area contributed by atoms with Crippen molar-refractivity contribution < 1.29 is 62.6 Å². The van der Waals surface area contributed by atoms with E-state index in [4.69, 9.17) is 45.5 Å². The molecule has 4 rings (SSSR count). The first-order valence-corrected chi connectivity index (χ1v) is 31.3. The van der Waals surface area contributed by atoms with Gasteiger partial charge in [-0.15, -0.1) is 0 Å². The number of carbonyl (C=O) groups excluding carboxylic acids is 12. The van der Waals surface area contributed by atoms with E-state index in [9.17, 15) is 62.6 Å². The van der Waals surface area contributed by atoms with E-state index >= 15 is 0 Å². The lowest BCUT2D eigenvalue weighted by molar-refractivity contribution is -0.136. The number of hydrogen-bond donors (Lipinski definition) is 20.